The summed E-state index contributed by atoms with van der Waals surface area (Å²) in [6, 6.07) is 11.3. The number of oxime groups is 1. The molecule has 7 heteroatoms. The van der Waals surface area contributed by atoms with E-state index in [0.29, 0.717) is 24.7 Å². The van der Waals surface area contributed by atoms with Crippen LogP contribution >= 0.6 is 11.6 Å². The quantitative estimate of drug-likeness (QED) is 0.446. The summed E-state index contributed by atoms with van der Waals surface area (Å²) in [5.41, 5.74) is 2.40. The molecule has 0 saturated carbocycles. The van der Waals surface area contributed by atoms with Crippen molar-refractivity contribution in [3.8, 4) is 11.3 Å². The van der Waals surface area contributed by atoms with Crippen molar-refractivity contribution in [1.29, 1.82) is 0 Å². The van der Waals surface area contributed by atoms with Crippen molar-refractivity contribution in [3.05, 3.63) is 53.2 Å². The van der Waals surface area contributed by atoms with Gasteiger partial charge in [0.1, 0.15) is 6.61 Å². The molecule has 2 heterocycles. The molecule has 1 aromatic heterocycles. The lowest BCUT2D eigenvalue weighted by Gasteiger charge is -2.29. The van der Waals surface area contributed by atoms with Gasteiger partial charge in [-0.05, 0) is 37.6 Å². The fourth-order valence-electron chi connectivity index (χ4n) is 3.18. The molecule has 0 bridgehead atoms. The maximum atomic E-state index is 11.1. The smallest absolute Gasteiger partial charge is 0.307 e. The van der Waals surface area contributed by atoms with Gasteiger partial charge in [0, 0.05) is 35.4 Å². The monoisotopic (exact) mass is 387 g/mol. The molecule has 3 rings (SSSR count). The number of halogens is 1. The molecule has 27 heavy (non-hydrogen) atoms. The molecule has 0 radical (unpaired) electrons. The lowest BCUT2D eigenvalue weighted by Crippen LogP contribution is -2.40. The summed E-state index contributed by atoms with van der Waals surface area (Å²) in [6.45, 7) is 2.54. The van der Waals surface area contributed by atoms with Gasteiger partial charge in [-0.25, -0.2) is 0 Å². The maximum Gasteiger partial charge on any atom is 0.307 e. The number of carbonyl (C=O) groups is 1. The minimum absolute atomic E-state index is 0.282. The summed E-state index contributed by atoms with van der Waals surface area (Å²) >= 11 is 6.27. The van der Waals surface area contributed by atoms with E-state index >= 15 is 0 Å². The van der Waals surface area contributed by atoms with Crippen molar-refractivity contribution < 1.29 is 14.7 Å². The first-order valence-electron chi connectivity index (χ1n) is 8.95. The van der Waals surface area contributed by atoms with Crippen LogP contribution in [0.4, 0.5) is 0 Å². The highest BCUT2D eigenvalue weighted by Crippen LogP contribution is 2.27. The number of hydrogen-bond donors (Lipinski definition) is 1. The summed E-state index contributed by atoms with van der Waals surface area (Å²) in [7, 11) is 0. The molecule has 142 valence electrons. The van der Waals surface area contributed by atoms with Crippen molar-refractivity contribution >= 4 is 23.8 Å². The number of likely N-dealkylation sites (tertiary alicyclic amines) is 1. The number of aliphatic carboxylic acids is 1. The lowest BCUT2D eigenvalue weighted by atomic mass is 9.98. The van der Waals surface area contributed by atoms with E-state index in [1.165, 1.54) is 0 Å². The Bertz CT molecular complexity index is 813. The van der Waals surface area contributed by atoms with E-state index in [0.717, 1.165) is 36.2 Å². The third kappa shape index (κ3) is 5.28. The zero-order valence-electron chi connectivity index (χ0n) is 14.9. The first-order valence-corrected chi connectivity index (χ1v) is 9.33. The van der Waals surface area contributed by atoms with Gasteiger partial charge < -0.3 is 9.94 Å². The maximum absolute atomic E-state index is 11.1. The molecule has 1 fully saturated rings. The Morgan fingerprint density at radius 2 is 2.22 bits per heavy atom. The second-order valence-electron chi connectivity index (χ2n) is 6.47. The molecule has 6 nitrogen and oxygen atoms in total. The normalized spacial score (nSPS) is 17.9. The van der Waals surface area contributed by atoms with Crippen molar-refractivity contribution in [2.45, 2.75) is 12.8 Å². The second-order valence-corrected chi connectivity index (χ2v) is 6.87. The highest BCUT2D eigenvalue weighted by Gasteiger charge is 2.24. The van der Waals surface area contributed by atoms with Crippen LogP contribution in [0.2, 0.25) is 5.02 Å². The highest BCUT2D eigenvalue weighted by atomic mass is 35.5. The van der Waals surface area contributed by atoms with E-state index in [4.69, 9.17) is 21.5 Å². The Hall–Kier alpha value is -2.44. The van der Waals surface area contributed by atoms with Crippen molar-refractivity contribution in [3.63, 3.8) is 0 Å². The second kappa shape index (κ2) is 9.48. The standard InChI is InChI=1S/C20H22ClN3O3/c21-18-8-2-1-7-17(18)19-15(5-3-9-22-19)13-23-27-12-11-24-10-4-6-16(14-24)20(25)26/h1-3,5,7-9,13,16H,4,6,10-12,14H2,(H,25,26)/b23-13+. The Morgan fingerprint density at radius 1 is 1.37 bits per heavy atom. The van der Waals surface area contributed by atoms with E-state index in [1.807, 2.05) is 36.4 Å². The highest BCUT2D eigenvalue weighted by molar-refractivity contribution is 6.33. The van der Waals surface area contributed by atoms with E-state index in [9.17, 15) is 4.79 Å². The third-order valence-electron chi connectivity index (χ3n) is 4.59. The fourth-order valence-corrected chi connectivity index (χ4v) is 3.40. The van der Waals surface area contributed by atoms with Crippen LogP contribution in [0.15, 0.2) is 47.8 Å². The number of rotatable bonds is 7. The van der Waals surface area contributed by atoms with E-state index in [1.54, 1.807) is 12.4 Å². The van der Waals surface area contributed by atoms with Crippen LogP contribution in [-0.4, -0.2) is 53.4 Å². The topological polar surface area (TPSA) is 75.0 Å². The van der Waals surface area contributed by atoms with Crippen LogP contribution in [0.1, 0.15) is 18.4 Å². The molecule has 1 aromatic carbocycles. The SMILES string of the molecule is O=C(O)C1CCCN(CCO/N=C/c2cccnc2-c2ccccc2Cl)C1. The molecular weight excluding hydrogens is 366 g/mol. The van der Waals surface area contributed by atoms with Crippen LogP contribution < -0.4 is 0 Å². The summed E-state index contributed by atoms with van der Waals surface area (Å²) in [6.07, 6.45) is 4.99. The molecule has 1 unspecified atom stereocenters. The van der Waals surface area contributed by atoms with Gasteiger partial charge in [0.25, 0.3) is 0 Å². The van der Waals surface area contributed by atoms with Crippen molar-refractivity contribution in [2.75, 3.05) is 26.2 Å². The zero-order valence-corrected chi connectivity index (χ0v) is 15.7. The number of piperidine rings is 1. The molecule has 1 saturated heterocycles. The summed E-state index contributed by atoms with van der Waals surface area (Å²) in [4.78, 5) is 23.0. The molecule has 2 aromatic rings. The van der Waals surface area contributed by atoms with Gasteiger partial charge in [0.05, 0.1) is 17.8 Å². The Balaban J connectivity index is 1.55. The molecule has 1 aliphatic heterocycles. The zero-order chi connectivity index (χ0) is 19.1. The Morgan fingerprint density at radius 3 is 3.04 bits per heavy atom. The number of pyridine rings is 1. The third-order valence-corrected chi connectivity index (χ3v) is 4.92. The van der Waals surface area contributed by atoms with Gasteiger partial charge >= 0.3 is 5.97 Å². The molecule has 0 aliphatic carbocycles. The lowest BCUT2D eigenvalue weighted by molar-refractivity contribution is -0.143. The van der Waals surface area contributed by atoms with Crippen LogP contribution in [0.25, 0.3) is 11.3 Å². The minimum atomic E-state index is -0.720. The fraction of sp³-hybridized carbons (Fsp3) is 0.350. The molecule has 1 atom stereocenters. The average Bonchev–Trinajstić information content (AvgIpc) is 2.69. The molecular formula is C20H22ClN3O3. The molecule has 0 amide bonds. The first kappa shape index (κ1) is 19.3. The van der Waals surface area contributed by atoms with Crippen molar-refractivity contribution in [2.24, 2.45) is 11.1 Å². The van der Waals surface area contributed by atoms with Crippen LogP contribution in [0, 0.1) is 5.92 Å². The van der Waals surface area contributed by atoms with Gasteiger partial charge in [0.15, 0.2) is 0 Å². The number of benzene rings is 1. The summed E-state index contributed by atoms with van der Waals surface area (Å²) < 4.78 is 0. The number of nitrogens with zero attached hydrogens (tertiary/aromatic N) is 3. The molecule has 1 N–H and O–H groups in total. The van der Waals surface area contributed by atoms with Gasteiger partial charge in [0.2, 0.25) is 0 Å². The number of carboxylic acids is 1. The predicted molar refractivity (Wildman–Crippen MR) is 105 cm³/mol. The minimum Gasteiger partial charge on any atom is -0.481 e. The van der Waals surface area contributed by atoms with Gasteiger partial charge in [-0.3, -0.25) is 14.7 Å². The first-order chi connectivity index (χ1) is 13.1. The number of aromatic nitrogens is 1. The molecule has 0 spiro atoms. The van der Waals surface area contributed by atoms with E-state index < -0.39 is 5.97 Å². The number of carboxylic acid groups (broad SMARTS) is 1. The van der Waals surface area contributed by atoms with Gasteiger partial charge in [-0.1, -0.05) is 35.0 Å². The summed E-state index contributed by atoms with van der Waals surface area (Å²) in [5, 5.41) is 13.8. The van der Waals surface area contributed by atoms with Crippen LogP contribution in [0.5, 0.6) is 0 Å². The van der Waals surface area contributed by atoms with E-state index in [-0.39, 0.29) is 5.92 Å². The Kier molecular flexibility index (Phi) is 6.79. The van der Waals surface area contributed by atoms with Crippen molar-refractivity contribution in [1.82, 2.24) is 9.88 Å². The van der Waals surface area contributed by atoms with Crippen LogP contribution in [-0.2, 0) is 9.63 Å². The van der Waals surface area contributed by atoms with Gasteiger partial charge in [-0.15, -0.1) is 0 Å². The molecule has 1 aliphatic rings. The summed E-state index contributed by atoms with van der Waals surface area (Å²) in [5.74, 6) is -1.00. The largest absolute Gasteiger partial charge is 0.481 e. The van der Waals surface area contributed by atoms with E-state index in [2.05, 4.69) is 15.0 Å². The van der Waals surface area contributed by atoms with Crippen LogP contribution in [0.3, 0.4) is 0 Å². The van der Waals surface area contributed by atoms with Gasteiger partial charge in [-0.2, -0.15) is 0 Å². The Labute approximate surface area is 163 Å². The average molecular weight is 388 g/mol. The number of hydrogen-bond acceptors (Lipinski definition) is 5. The predicted octanol–water partition coefficient (Wildman–Crippen LogP) is 3.55.